The molecule has 0 saturated heterocycles. The van der Waals surface area contributed by atoms with Crippen molar-refractivity contribution in [2.45, 2.75) is 6.42 Å². The summed E-state index contributed by atoms with van der Waals surface area (Å²) in [6.45, 7) is 0. The van der Waals surface area contributed by atoms with E-state index in [1.54, 1.807) is 18.3 Å². The van der Waals surface area contributed by atoms with Crippen LogP contribution in [-0.4, -0.2) is 4.98 Å². The Morgan fingerprint density at radius 2 is 2.00 bits per heavy atom. The van der Waals surface area contributed by atoms with E-state index in [4.69, 9.17) is 28.5 Å². The van der Waals surface area contributed by atoms with Crippen molar-refractivity contribution >= 4 is 23.2 Å². The van der Waals surface area contributed by atoms with E-state index in [-0.39, 0.29) is 0 Å². The van der Waals surface area contributed by atoms with Gasteiger partial charge < -0.3 is 0 Å². The lowest BCUT2D eigenvalue weighted by atomic mass is 10.1. The Labute approximate surface area is 109 Å². The molecule has 2 nitrogen and oxygen atoms in total. The molecule has 0 aliphatic heterocycles. The van der Waals surface area contributed by atoms with E-state index >= 15 is 0 Å². The van der Waals surface area contributed by atoms with Gasteiger partial charge in [-0.1, -0.05) is 23.2 Å². The van der Waals surface area contributed by atoms with Crippen LogP contribution in [0.3, 0.4) is 0 Å². The van der Waals surface area contributed by atoms with Gasteiger partial charge in [0, 0.05) is 16.8 Å². The zero-order chi connectivity index (χ0) is 12.3. The molecule has 0 bridgehead atoms. The molecule has 2 rings (SSSR count). The van der Waals surface area contributed by atoms with Gasteiger partial charge in [0.05, 0.1) is 23.2 Å². The summed E-state index contributed by atoms with van der Waals surface area (Å²) in [6, 6.07) is 11.0. The molecule has 84 valence electrons. The van der Waals surface area contributed by atoms with Crippen LogP contribution in [0.15, 0.2) is 36.5 Å². The first kappa shape index (κ1) is 11.9. The fraction of sp³-hybridized carbons (Fsp3) is 0.0769. The highest BCUT2D eigenvalue weighted by atomic mass is 35.5. The van der Waals surface area contributed by atoms with E-state index in [1.165, 1.54) is 0 Å². The Hall–Kier alpha value is -1.56. The molecule has 0 unspecified atom stereocenters. The van der Waals surface area contributed by atoms with E-state index in [0.717, 1.165) is 16.8 Å². The summed E-state index contributed by atoms with van der Waals surface area (Å²) in [6.07, 6.45) is 2.04. The quantitative estimate of drug-likeness (QED) is 0.817. The average molecular weight is 263 g/mol. The van der Waals surface area contributed by atoms with Gasteiger partial charge in [-0.15, -0.1) is 0 Å². The summed E-state index contributed by atoms with van der Waals surface area (Å²) in [7, 11) is 0. The second kappa shape index (κ2) is 5.18. The van der Waals surface area contributed by atoms with Gasteiger partial charge in [0.2, 0.25) is 0 Å². The number of benzene rings is 1. The number of halogens is 2. The van der Waals surface area contributed by atoms with Crippen molar-refractivity contribution in [1.29, 1.82) is 5.26 Å². The van der Waals surface area contributed by atoms with Crippen LogP contribution >= 0.6 is 23.2 Å². The Bertz CT molecular complexity index is 588. The molecule has 1 heterocycles. The smallest absolute Gasteiger partial charge is 0.0720 e. The van der Waals surface area contributed by atoms with E-state index < -0.39 is 0 Å². The van der Waals surface area contributed by atoms with Crippen molar-refractivity contribution in [3.8, 4) is 17.3 Å². The predicted octanol–water partition coefficient (Wildman–Crippen LogP) is 4.12. The largest absolute Gasteiger partial charge is 0.256 e. The van der Waals surface area contributed by atoms with Crippen molar-refractivity contribution in [1.82, 2.24) is 4.98 Å². The molecule has 4 heteroatoms. The van der Waals surface area contributed by atoms with Gasteiger partial charge in [0.25, 0.3) is 0 Å². The molecule has 0 atom stereocenters. The zero-order valence-corrected chi connectivity index (χ0v) is 10.3. The van der Waals surface area contributed by atoms with Gasteiger partial charge in [0.15, 0.2) is 0 Å². The lowest BCUT2D eigenvalue weighted by Crippen LogP contribution is -1.88. The number of nitriles is 1. The zero-order valence-electron chi connectivity index (χ0n) is 8.82. The first-order valence-electron chi connectivity index (χ1n) is 4.98. The van der Waals surface area contributed by atoms with Crippen molar-refractivity contribution < 1.29 is 0 Å². The SMILES string of the molecule is N#CCc1ccnc(-c2ccc(Cl)cc2Cl)c1. The van der Waals surface area contributed by atoms with Crippen molar-refractivity contribution in [2.75, 3.05) is 0 Å². The normalized spacial score (nSPS) is 9.94. The number of hydrogen-bond donors (Lipinski definition) is 0. The first-order valence-corrected chi connectivity index (χ1v) is 5.73. The van der Waals surface area contributed by atoms with Crippen LogP contribution in [0.25, 0.3) is 11.3 Å². The molecule has 0 fully saturated rings. The van der Waals surface area contributed by atoms with Crippen molar-refractivity contribution in [2.24, 2.45) is 0 Å². The minimum atomic E-state index is 0.362. The van der Waals surface area contributed by atoms with E-state index in [0.29, 0.717) is 16.5 Å². The highest BCUT2D eigenvalue weighted by molar-refractivity contribution is 6.36. The van der Waals surface area contributed by atoms with Crippen LogP contribution in [0.5, 0.6) is 0 Å². The number of pyridine rings is 1. The first-order chi connectivity index (χ1) is 8.20. The maximum atomic E-state index is 8.66. The van der Waals surface area contributed by atoms with Gasteiger partial charge in [-0.3, -0.25) is 4.98 Å². The highest BCUT2D eigenvalue weighted by Crippen LogP contribution is 2.29. The van der Waals surface area contributed by atoms with Crippen molar-refractivity contribution in [3.05, 3.63) is 52.1 Å². The topological polar surface area (TPSA) is 36.7 Å². The minimum Gasteiger partial charge on any atom is -0.256 e. The molecule has 0 aliphatic carbocycles. The number of nitrogens with zero attached hydrogens (tertiary/aromatic N) is 2. The summed E-state index contributed by atoms with van der Waals surface area (Å²) in [5.41, 5.74) is 2.48. The third-order valence-corrected chi connectivity index (χ3v) is 2.86. The lowest BCUT2D eigenvalue weighted by Gasteiger charge is -2.05. The molecule has 0 amide bonds. The Balaban J connectivity index is 2.46. The summed E-state index contributed by atoms with van der Waals surface area (Å²) in [4.78, 5) is 4.25. The summed E-state index contributed by atoms with van der Waals surface area (Å²) >= 11 is 11.9. The molecule has 0 saturated carbocycles. The maximum Gasteiger partial charge on any atom is 0.0720 e. The second-order valence-electron chi connectivity index (χ2n) is 3.51. The average Bonchev–Trinajstić information content (AvgIpc) is 2.29. The fourth-order valence-corrected chi connectivity index (χ4v) is 2.03. The van der Waals surface area contributed by atoms with Crippen LogP contribution in [0.4, 0.5) is 0 Å². The Kier molecular flexibility index (Phi) is 3.63. The highest BCUT2D eigenvalue weighted by Gasteiger charge is 2.06. The molecule has 2 aromatic rings. The van der Waals surface area contributed by atoms with Gasteiger partial charge >= 0.3 is 0 Å². The molecular formula is C13H8Cl2N2. The number of rotatable bonds is 2. The van der Waals surface area contributed by atoms with Crippen LogP contribution in [-0.2, 0) is 6.42 Å². The van der Waals surface area contributed by atoms with Crippen LogP contribution in [0.2, 0.25) is 10.0 Å². The summed E-state index contributed by atoms with van der Waals surface area (Å²) in [5.74, 6) is 0. The third kappa shape index (κ3) is 2.76. The van der Waals surface area contributed by atoms with Gasteiger partial charge in [0.1, 0.15) is 0 Å². The summed E-state index contributed by atoms with van der Waals surface area (Å²) in [5, 5.41) is 9.80. The predicted molar refractivity (Wildman–Crippen MR) is 69.0 cm³/mol. The molecule has 1 aromatic heterocycles. The minimum absolute atomic E-state index is 0.362. The third-order valence-electron chi connectivity index (χ3n) is 2.31. The van der Waals surface area contributed by atoms with Crippen molar-refractivity contribution in [3.63, 3.8) is 0 Å². The van der Waals surface area contributed by atoms with Crippen LogP contribution < -0.4 is 0 Å². The molecule has 1 aromatic carbocycles. The van der Waals surface area contributed by atoms with Crippen LogP contribution in [0.1, 0.15) is 5.56 Å². The molecule has 0 spiro atoms. The van der Waals surface area contributed by atoms with E-state index in [2.05, 4.69) is 11.1 Å². The molecule has 0 N–H and O–H groups in total. The lowest BCUT2D eigenvalue weighted by molar-refractivity contribution is 1.21. The maximum absolute atomic E-state index is 8.66. The van der Waals surface area contributed by atoms with Gasteiger partial charge in [-0.2, -0.15) is 5.26 Å². The number of hydrogen-bond acceptors (Lipinski definition) is 2. The standard InChI is InChI=1S/C13H8Cl2N2/c14-10-1-2-11(12(15)8-10)13-7-9(3-5-16)4-6-17-13/h1-2,4,6-8H,3H2. The second-order valence-corrected chi connectivity index (χ2v) is 4.35. The number of aromatic nitrogens is 1. The summed E-state index contributed by atoms with van der Waals surface area (Å²) < 4.78 is 0. The molecule has 17 heavy (non-hydrogen) atoms. The van der Waals surface area contributed by atoms with Gasteiger partial charge in [-0.05, 0) is 35.9 Å². The van der Waals surface area contributed by atoms with Crippen LogP contribution in [0, 0.1) is 11.3 Å². The van der Waals surface area contributed by atoms with E-state index in [9.17, 15) is 0 Å². The monoisotopic (exact) mass is 262 g/mol. The van der Waals surface area contributed by atoms with E-state index in [1.807, 2.05) is 18.2 Å². The Morgan fingerprint density at radius 1 is 1.18 bits per heavy atom. The van der Waals surface area contributed by atoms with Gasteiger partial charge in [-0.25, -0.2) is 0 Å². The Morgan fingerprint density at radius 3 is 2.71 bits per heavy atom. The molecular weight excluding hydrogens is 255 g/mol. The molecule has 0 radical (unpaired) electrons. The molecule has 0 aliphatic rings. The fourth-order valence-electron chi connectivity index (χ4n) is 1.52.